The summed E-state index contributed by atoms with van der Waals surface area (Å²) in [7, 11) is 0. The number of imidazole rings is 1. The average Bonchev–Trinajstić information content (AvgIpc) is 2.83. The number of piperazine rings is 1. The maximum Gasteiger partial charge on any atom is 0.272 e. The van der Waals surface area contributed by atoms with Gasteiger partial charge in [0, 0.05) is 32.4 Å². The minimum atomic E-state index is -0.131. The third-order valence-corrected chi connectivity index (χ3v) is 4.25. The molecule has 22 heavy (non-hydrogen) atoms. The average molecular weight is 341 g/mol. The van der Waals surface area contributed by atoms with Crippen LogP contribution in [0.25, 0.3) is 5.65 Å². The Balaban J connectivity index is 1.98. The maximum atomic E-state index is 12.8. The zero-order valence-corrected chi connectivity index (χ0v) is 13.4. The van der Waals surface area contributed by atoms with Crippen LogP contribution in [0.5, 0.6) is 0 Å². The summed E-state index contributed by atoms with van der Waals surface area (Å²) in [5.41, 5.74) is 1.57. The lowest BCUT2D eigenvalue weighted by atomic mass is 10.2. The van der Waals surface area contributed by atoms with Crippen molar-refractivity contribution in [1.82, 2.24) is 19.2 Å². The highest BCUT2D eigenvalue weighted by Crippen LogP contribution is 2.25. The molecular formula is C14H14Cl2N4O2. The molecule has 0 spiro atoms. The fourth-order valence-electron chi connectivity index (χ4n) is 2.62. The molecule has 116 valence electrons. The molecular weight excluding hydrogens is 327 g/mol. The number of halogens is 2. The quantitative estimate of drug-likeness (QED) is 0.784. The first-order valence-corrected chi connectivity index (χ1v) is 7.59. The Hall–Kier alpha value is -1.79. The summed E-state index contributed by atoms with van der Waals surface area (Å²) in [6, 6.07) is 1.60. The smallest absolute Gasteiger partial charge is 0.272 e. The topological polar surface area (TPSA) is 57.9 Å². The Morgan fingerprint density at radius 1 is 1.27 bits per heavy atom. The summed E-state index contributed by atoms with van der Waals surface area (Å²) >= 11 is 12.2. The Kier molecular flexibility index (Phi) is 3.97. The number of carbonyl (C=O) groups excluding carboxylic acids is 2. The van der Waals surface area contributed by atoms with Crippen LogP contribution in [0.2, 0.25) is 10.0 Å². The molecule has 2 aromatic rings. The molecule has 2 amide bonds. The molecule has 1 aliphatic heterocycles. The van der Waals surface area contributed by atoms with Crippen molar-refractivity contribution in [3.63, 3.8) is 0 Å². The van der Waals surface area contributed by atoms with Gasteiger partial charge in [-0.15, -0.1) is 0 Å². The Labute approximate surface area is 137 Å². The molecule has 3 rings (SSSR count). The lowest BCUT2D eigenvalue weighted by Crippen LogP contribution is -2.48. The van der Waals surface area contributed by atoms with Gasteiger partial charge in [0.1, 0.15) is 5.69 Å². The molecule has 0 aliphatic carbocycles. The summed E-state index contributed by atoms with van der Waals surface area (Å²) in [6.07, 6.45) is 2.44. The van der Waals surface area contributed by atoms with Crippen molar-refractivity contribution in [3.8, 4) is 0 Å². The molecule has 0 saturated carbocycles. The van der Waals surface area contributed by atoms with Crippen molar-refractivity contribution in [1.29, 1.82) is 0 Å². The first-order chi connectivity index (χ1) is 10.5. The molecule has 6 nitrogen and oxygen atoms in total. The van der Waals surface area contributed by atoms with Crippen LogP contribution in [0, 0.1) is 6.92 Å². The van der Waals surface area contributed by atoms with E-state index in [0.717, 1.165) is 6.41 Å². The summed E-state index contributed by atoms with van der Waals surface area (Å²) in [5.74, 6) is -0.131. The molecule has 0 radical (unpaired) electrons. The van der Waals surface area contributed by atoms with Crippen LogP contribution in [-0.4, -0.2) is 57.7 Å². The minimum Gasteiger partial charge on any atom is -0.342 e. The Morgan fingerprint density at radius 3 is 2.59 bits per heavy atom. The lowest BCUT2D eigenvalue weighted by molar-refractivity contribution is -0.119. The van der Waals surface area contributed by atoms with Crippen LogP contribution in [0.4, 0.5) is 0 Å². The van der Waals surface area contributed by atoms with Crippen molar-refractivity contribution >= 4 is 41.2 Å². The Morgan fingerprint density at radius 2 is 1.95 bits per heavy atom. The van der Waals surface area contributed by atoms with Crippen molar-refractivity contribution in [2.45, 2.75) is 6.92 Å². The Bertz CT molecular complexity index is 751. The molecule has 0 unspecified atom stereocenters. The van der Waals surface area contributed by atoms with E-state index in [2.05, 4.69) is 4.98 Å². The first-order valence-electron chi connectivity index (χ1n) is 6.83. The number of rotatable bonds is 2. The third-order valence-electron chi connectivity index (χ3n) is 3.77. The third kappa shape index (κ3) is 2.53. The van der Waals surface area contributed by atoms with Gasteiger partial charge in [-0.2, -0.15) is 0 Å². The van der Waals surface area contributed by atoms with Gasteiger partial charge < -0.3 is 9.80 Å². The highest BCUT2D eigenvalue weighted by atomic mass is 35.5. The predicted molar refractivity (Wildman–Crippen MR) is 83.5 cm³/mol. The molecule has 1 fully saturated rings. The summed E-state index contributed by atoms with van der Waals surface area (Å²) in [5, 5.41) is 0.843. The van der Waals surface area contributed by atoms with Crippen molar-refractivity contribution < 1.29 is 9.59 Å². The number of fused-ring (bicyclic) bond motifs is 1. The second-order valence-electron chi connectivity index (χ2n) is 5.18. The van der Waals surface area contributed by atoms with Gasteiger partial charge in [0.2, 0.25) is 6.41 Å². The summed E-state index contributed by atoms with van der Waals surface area (Å²) < 4.78 is 1.63. The number of amides is 2. The number of aromatic nitrogens is 2. The number of carbonyl (C=O) groups is 2. The van der Waals surface area contributed by atoms with E-state index in [-0.39, 0.29) is 5.91 Å². The summed E-state index contributed by atoms with van der Waals surface area (Å²) in [4.78, 5) is 31.3. The maximum absolute atomic E-state index is 12.8. The molecule has 2 aromatic heterocycles. The zero-order chi connectivity index (χ0) is 15.9. The highest BCUT2D eigenvalue weighted by molar-refractivity contribution is 6.36. The SMILES string of the molecule is Cc1nc2c(Cl)cc(Cl)cn2c1C(=O)N1CCN(C=O)CC1. The standard InChI is InChI=1S/C14H14Cl2N4O2/c1-9-12(14(22)19-4-2-18(8-21)3-5-19)20-7-10(15)6-11(16)13(20)17-9/h6-8H,2-5H2,1H3. The molecule has 8 heteroatoms. The number of hydrogen-bond donors (Lipinski definition) is 0. The van der Waals surface area contributed by atoms with E-state index >= 15 is 0 Å². The van der Waals surface area contributed by atoms with Crippen LogP contribution in [0.15, 0.2) is 12.3 Å². The monoisotopic (exact) mass is 340 g/mol. The lowest BCUT2D eigenvalue weighted by Gasteiger charge is -2.32. The number of aryl methyl sites for hydroxylation is 1. The second kappa shape index (κ2) is 5.78. The van der Waals surface area contributed by atoms with Gasteiger partial charge >= 0.3 is 0 Å². The number of hydrogen-bond acceptors (Lipinski definition) is 3. The van der Waals surface area contributed by atoms with Crippen LogP contribution < -0.4 is 0 Å². The van der Waals surface area contributed by atoms with Crippen molar-refractivity contribution in [3.05, 3.63) is 33.7 Å². The van der Waals surface area contributed by atoms with E-state index < -0.39 is 0 Å². The molecule has 3 heterocycles. The van der Waals surface area contributed by atoms with Gasteiger partial charge in [0.15, 0.2) is 5.65 Å². The molecule has 0 atom stereocenters. The predicted octanol–water partition coefficient (Wildman–Crippen LogP) is 1.86. The van der Waals surface area contributed by atoms with Gasteiger partial charge in [0.25, 0.3) is 5.91 Å². The zero-order valence-electron chi connectivity index (χ0n) is 11.9. The van der Waals surface area contributed by atoms with Crippen LogP contribution in [0.1, 0.15) is 16.2 Å². The van der Waals surface area contributed by atoms with Gasteiger partial charge in [-0.3, -0.25) is 14.0 Å². The van der Waals surface area contributed by atoms with Crippen LogP contribution >= 0.6 is 23.2 Å². The van der Waals surface area contributed by atoms with Crippen LogP contribution in [-0.2, 0) is 4.79 Å². The minimum absolute atomic E-state index is 0.131. The van der Waals surface area contributed by atoms with Crippen molar-refractivity contribution in [2.75, 3.05) is 26.2 Å². The van der Waals surface area contributed by atoms with E-state index in [9.17, 15) is 9.59 Å². The first kappa shape index (κ1) is 15.1. The normalized spacial score (nSPS) is 15.4. The van der Waals surface area contributed by atoms with Gasteiger partial charge in [-0.1, -0.05) is 23.2 Å². The number of pyridine rings is 1. The van der Waals surface area contributed by atoms with Crippen LogP contribution in [0.3, 0.4) is 0 Å². The van der Waals surface area contributed by atoms with Crippen molar-refractivity contribution in [2.24, 2.45) is 0 Å². The number of nitrogens with zero attached hydrogens (tertiary/aromatic N) is 4. The van der Waals surface area contributed by atoms with E-state index in [1.807, 2.05) is 0 Å². The fourth-order valence-corrected chi connectivity index (χ4v) is 3.14. The van der Waals surface area contributed by atoms with E-state index in [1.165, 1.54) is 0 Å². The molecule has 0 aromatic carbocycles. The summed E-state index contributed by atoms with van der Waals surface area (Å²) in [6.45, 7) is 3.84. The van der Waals surface area contributed by atoms with Gasteiger partial charge in [-0.25, -0.2) is 4.98 Å². The fraction of sp³-hybridized carbons (Fsp3) is 0.357. The molecule has 1 aliphatic rings. The van der Waals surface area contributed by atoms with E-state index in [0.29, 0.717) is 53.3 Å². The second-order valence-corrected chi connectivity index (χ2v) is 6.02. The molecule has 0 bridgehead atoms. The van der Waals surface area contributed by atoms with Gasteiger partial charge in [0.05, 0.1) is 15.7 Å². The van der Waals surface area contributed by atoms with E-state index in [4.69, 9.17) is 23.2 Å². The largest absolute Gasteiger partial charge is 0.342 e. The highest BCUT2D eigenvalue weighted by Gasteiger charge is 2.26. The molecule has 1 saturated heterocycles. The van der Waals surface area contributed by atoms with Gasteiger partial charge in [-0.05, 0) is 13.0 Å². The van der Waals surface area contributed by atoms with E-state index in [1.54, 1.807) is 33.4 Å². The molecule has 0 N–H and O–H groups in total.